The highest BCUT2D eigenvalue weighted by Crippen LogP contribution is 2.18. The molecule has 0 saturated carbocycles. The van der Waals surface area contributed by atoms with Crippen LogP contribution in [0.4, 0.5) is 5.88 Å². The summed E-state index contributed by atoms with van der Waals surface area (Å²) in [5.74, 6) is 1.13. The number of hydrogen-bond acceptors (Lipinski definition) is 5. The summed E-state index contributed by atoms with van der Waals surface area (Å²) in [6, 6.07) is 1.92. The maximum Gasteiger partial charge on any atom is 0.240 e. The Balaban J connectivity index is 1.83. The Bertz CT molecular complexity index is 458. The average molecular weight is 280 g/mol. The first-order chi connectivity index (χ1) is 9.45. The number of anilines is 1. The van der Waals surface area contributed by atoms with Crippen LogP contribution in [0, 0.1) is 5.92 Å². The van der Waals surface area contributed by atoms with Crippen molar-refractivity contribution in [1.29, 1.82) is 0 Å². The van der Waals surface area contributed by atoms with Gasteiger partial charge in [-0.2, -0.15) is 0 Å². The molecule has 1 aromatic heterocycles. The second kappa shape index (κ2) is 6.37. The molecule has 0 aliphatic carbocycles. The fourth-order valence-corrected chi connectivity index (χ4v) is 2.31. The second-order valence-electron chi connectivity index (χ2n) is 5.98. The van der Waals surface area contributed by atoms with Gasteiger partial charge in [0.1, 0.15) is 0 Å². The van der Waals surface area contributed by atoms with Crippen molar-refractivity contribution in [3.8, 4) is 0 Å². The van der Waals surface area contributed by atoms with Crippen molar-refractivity contribution >= 4 is 11.8 Å². The number of nitrogens with two attached hydrogens (primary N) is 1. The van der Waals surface area contributed by atoms with E-state index in [0.717, 1.165) is 25.2 Å². The summed E-state index contributed by atoms with van der Waals surface area (Å²) in [6.45, 7) is 8.24. The van der Waals surface area contributed by atoms with Gasteiger partial charge in [-0.3, -0.25) is 15.0 Å². The lowest BCUT2D eigenvalue weighted by Gasteiger charge is -2.34. The lowest BCUT2D eigenvalue weighted by Crippen LogP contribution is -2.49. The Labute approximate surface area is 119 Å². The Kier molecular flexibility index (Phi) is 4.77. The predicted molar refractivity (Wildman–Crippen MR) is 77.4 cm³/mol. The largest absolute Gasteiger partial charge is 0.338 e. The maximum atomic E-state index is 12.0. The van der Waals surface area contributed by atoms with Crippen LogP contribution in [-0.4, -0.2) is 41.6 Å². The van der Waals surface area contributed by atoms with Gasteiger partial charge in [-0.05, 0) is 24.8 Å². The molecule has 1 amide bonds. The van der Waals surface area contributed by atoms with Crippen molar-refractivity contribution in [3.05, 3.63) is 11.8 Å². The molecule has 3 N–H and O–H groups in total. The van der Waals surface area contributed by atoms with E-state index in [0.29, 0.717) is 18.3 Å². The maximum absolute atomic E-state index is 12.0. The van der Waals surface area contributed by atoms with Crippen LogP contribution in [0.15, 0.2) is 10.6 Å². The van der Waals surface area contributed by atoms with Gasteiger partial charge in [0.05, 0.1) is 12.2 Å². The summed E-state index contributed by atoms with van der Waals surface area (Å²) in [7, 11) is 0. The Morgan fingerprint density at radius 3 is 3.00 bits per heavy atom. The Hall–Kier alpha value is -1.40. The van der Waals surface area contributed by atoms with E-state index in [9.17, 15) is 4.79 Å². The van der Waals surface area contributed by atoms with Crippen LogP contribution in [0.5, 0.6) is 0 Å². The number of carbonyl (C=O) groups excluding carboxylic acids is 1. The van der Waals surface area contributed by atoms with Crippen LogP contribution >= 0.6 is 0 Å². The summed E-state index contributed by atoms with van der Waals surface area (Å²) in [4.78, 5) is 14.0. The minimum Gasteiger partial charge on any atom is -0.338 e. The molecule has 0 bridgehead atoms. The number of nitrogens with one attached hydrogen (secondary N) is 1. The number of nitrogens with zero attached hydrogens (tertiary/aromatic N) is 2. The summed E-state index contributed by atoms with van der Waals surface area (Å²) < 4.78 is 5.10. The van der Waals surface area contributed by atoms with E-state index in [1.165, 1.54) is 0 Å². The standard InChI is InChI=1S/C14H24N4O2/c1-9(2)12-6-14(20-17-12)16-13(19)8-18-5-4-10(3)11(15)7-18/h6,9-11H,4-5,7-8,15H2,1-3H3,(H,16,19). The zero-order chi connectivity index (χ0) is 14.7. The van der Waals surface area contributed by atoms with Gasteiger partial charge in [-0.25, -0.2) is 0 Å². The van der Waals surface area contributed by atoms with E-state index in [1.807, 2.05) is 13.8 Å². The monoisotopic (exact) mass is 280 g/mol. The number of carbonyl (C=O) groups is 1. The second-order valence-corrected chi connectivity index (χ2v) is 5.98. The fourth-order valence-electron chi connectivity index (χ4n) is 2.31. The zero-order valence-corrected chi connectivity index (χ0v) is 12.4. The van der Waals surface area contributed by atoms with E-state index in [-0.39, 0.29) is 17.9 Å². The van der Waals surface area contributed by atoms with Gasteiger partial charge < -0.3 is 10.3 Å². The molecule has 1 fully saturated rings. The third-order valence-electron chi connectivity index (χ3n) is 3.85. The summed E-state index contributed by atoms with van der Waals surface area (Å²) >= 11 is 0. The molecule has 6 nitrogen and oxygen atoms in total. The van der Waals surface area contributed by atoms with Crippen LogP contribution in [0.1, 0.15) is 38.8 Å². The van der Waals surface area contributed by atoms with Gasteiger partial charge in [-0.15, -0.1) is 0 Å². The van der Waals surface area contributed by atoms with Crippen LogP contribution < -0.4 is 11.1 Å². The molecule has 0 spiro atoms. The van der Waals surface area contributed by atoms with Crippen LogP contribution in [0.25, 0.3) is 0 Å². The molecule has 1 aliphatic heterocycles. The molecular formula is C14H24N4O2. The summed E-state index contributed by atoms with van der Waals surface area (Å²) in [5.41, 5.74) is 6.87. The van der Waals surface area contributed by atoms with E-state index >= 15 is 0 Å². The number of likely N-dealkylation sites (tertiary alicyclic amines) is 1. The lowest BCUT2D eigenvalue weighted by molar-refractivity contribution is -0.117. The number of hydrogen-bond donors (Lipinski definition) is 2. The third-order valence-corrected chi connectivity index (χ3v) is 3.85. The fraction of sp³-hybridized carbons (Fsp3) is 0.714. The lowest BCUT2D eigenvalue weighted by atomic mass is 9.94. The van der Waals surface area contributed by atoms with E-state index in [2.05, 4.69) is 22.3 Å². The number of rotatable bonds is 4. The van der Waals surface area contributed by atoms with Crippen molar-refractivity contribution in [2.75, 3.05) is 25.0 Å². The number of amides is 1. The van der Waals surface area contributed by atoms with Gasteiger partial charge in [0.2, 0.25) is 11.8 Å². The van der Waals surface area contributed by atoms with Crippen molar-refractivity contribution in [3.63, 3.8) is 0 Å². The molecule has 2 unspecified atom stereocenters. The summed E-state index contributed by atoms with van der Waals surface area (Å²) in [6.07, 6.45) is 1.04. The molecule has 0 aromatic carbocycles. The zero-order valence-electron chi connectivity index (χ0n) is 12.4. The highest BCUT2D eigenvalue weighted by molar-refractivity contribution is 5.90. The van der Waals surface area contributed by atoms with Crippen molar-refractivity contribution in [1.82, 2.24) is 10.1 Å². The molecule has 0 radical (unpaired) electrons. The first kappa shape index (κ1) is 15.0. The first-order valence-electron chi connectivity index (χ1n) is 7.20. The van der Waals surface area contributed by atoms with Gasteiger partial charge in [0.25, 0.3) is 0 Å². The molecule has 6 heteroatoms. The third kappa shape index (κ3) is 3.80. The molecule has 2 heterocycles. The van der Waals surface area contributed by atoms with Crippen LogP contribution in [0.3, 0.4) is 0 Å². The molecule has 2 rings (SSSR count). The summed E-state index contributed by atoms with van der Waals surface area (Å²) in [5, 5.41) is 6.65. The SMILES string of the molecule is CC(C)c1cc(NC(=O)CN2CCC(C)C(N)C2)on1. The van der Waals surface area contributed by atoms with Crippen molar-refractivity contribution < 1.29 is 9.32 Å². The molecule has 1 aromatic rings. The molecule has 2 atom stereocenters. The van der Waals surface area contributed by atoms with Crippen LogP contribution in [0.2, 0.25) is 0 Å². The molecule has 20 heavy (non-hydrogen) atoms. The number of aromatic nitrogens is 1. The van der Waals surface area contributed by atoms with Gasteiger partial charge in [0.15, 0.2) is 0 Å². The smallest absolute Gasteiger partial charge is 0.240 e. The topological polar surface area (TPSA) is 84.4 Å². The molecule has 112 valence electrons. The van der Waals surface area contributed by atoms with Crippen molar-refractivity contribution in [2.24, 2.45) is 11.7 Å². The van der Waals surface area contributed by atoms with Gasteiger partial charge in [-0.1, -0.05) is 25.9 Å². The molecular weight excluding hydrogens is 256 g/mol. The van der Waals surface area contributed by atoms with Gasteiger partial charge in [0, 0.05) is 18.7 Å². The molecule has 1 aliphatic rings. The highest BCUT2D eigenvalue weighted by atomic mass is 16.5. The van der Waals surface area contributed by atoms with E-state index < -0.39 is 0 Å². The average Bonchev–Trinajstić information content (AvgIpc) is 2.82. The highest BCUT2D eigenvalue weighted by Gasteiger charge is 2.24. The number of piperidine rings is 1. The quantitative estimate of drug-likeness (QED) is 0.871. The van der Waals surface area contributed by atoms with Crippen LogP contribution in [-0.2, 0) is 4.79 Å². The van der Waals surface area contributed by atoms with E-state index in [4.69, 9.17) is 10.3 Å². The first-order valence-corrected chi connectivity index (χ1v) is 7.20. The molecule has 1 saturated heterocycles. The minimum atomic E-state index is -0.0850. The predicted octanol–water partition coefficient (Wildman–Crippen LogP) is 1.41. The van der Waals surface area contributed by atoms with Gasteiger partial charge >= 0.3 is 0 Å². The Morgan fingerprint density at radius 1 is 1.65 bits per heavy atom. The normalized spacial score (nSPS) is 24.1. The van der Waals surface area contributed by atoms with E-state index in [1.54, 1.807) is 6.07 Å². The Morgan fingerprint density at radius 2 is 2.40 bits per heavy atom. The minimum absolute atomic E-state index is 0.0850. The van der Waals surface area contributed by atoms with Crippen molar-refractivity contribution in [2.45, 2.75) is 39.2 Å².